The van der Waals surface area contributed by atoms with Gasteiger partial charge >= 0.3 is 0 Å². The quantitative estimate of drug-likeness (QED) is 0.143. The van der Waals surface area contributed by atoms with E-state index in [0.29, 0.717) is 0 Å². The van der Waals surface area contributed by atoms with Crippen LogP contribution < -0.4 is 51.7 Å². The summed E-state index contributed by atoms with van der Waals surface area (Å²) < 4.78 is 26.3. The van der Waals surface area contributed by atoms with Crippen molar-refractivity contribution in [2.75, 3.05) is 0 Å². The van der Waals surface area contributed by atoms with E-state index in [0.717, 1.165) is 78.8 Å². The maximum atomic E-state index is 6.72. The molecule has 0 amide bonds. The van der Waals surface area contributed by atoms with Gasteiger partial charge in [-0.3, -0.25) is 0 Å². The van der Waals surface area contributed by atoms with E-state index in [9.17, 15) is 0 Å². The van der Waals surface area contributed by atoms with Gasteiger partial charge in [0.25, 0.3) is 13.4 Å². The number of para-hydroxylation sites is 2. The summed E-state index contributed by atoms with van der Waals surface area (Å²) in [4.78, 5) is 0. The third-order valence-corrected chi connectivity index (χ3v) is 10.7. The smallest absolute Gasteiger partial charge is 0.260 e. The van der Waals surface area contributed by atoms with Crippen LogP contribution in [0.2, 0.25) is 0 Å². The Hall–Kier alpha value is -6.13. The van der Waals surface area contributed by atoms with E-state index >= 15 is 0 Å². The molecular weight excluding hydrogens is 590 g/mol. The molecule has 4 heterocycles. The van der Waals surface area contributed by atoms with Gasteiger partial charge < -0.3 is 18.9 Å². The molecule has 0 aromatic heterocycles. The standard InChI is InChI=1S/C42H22B2O4/c1-2-10-24-23(9-1)27-21-39-31(43-29-11-3-5-13-33(29)45-35-15-7-17-37(47-39)41(35)43)19-25(27)26-20-32-40(22-28(24)26)48-38-18-8-16-36-42(38)44(32)30-12-4-6-14-34(30)46-36/h1-22H. The number of rotatable bonds is 0. The SMILES string of the molecule is c1ccc2c(c1)Oc1cccc3c1B2c1cc2c(cc1O3)c1ccccc1c1cc3c(cc12)B1c2ccccc2Oc2cccc(c21)O3. The van der Waals surface area contributed by atoms with Crippen molar-refractivity contribution >= 4 is 78.5 Å². The molecule has 6 heteroatoms. The van der Waals surface area contributed by atoms with Crippen LogP contribution in [0.5, 0.6) is 46.0 Å². The van der Waals surface area contributed by atoms with Crippen molar-refractivity contribution in [3.63, 3.8) is 0 Å². The Morgan fingerprint density at radius 1 is 0.271 bits per heavy atom. The van der Waals surface area contributed by atoms with Gasteiger partial charge in [-0.25, -0.2) is 0 Å². The van der Waals surface area contributed by atoms with Gasteiger partial charge in [-0.1, -0.05) is 84.9 Å². The van der Waals surface area contributed by atoms with E-state index in [1.165, 1.54) is 32.3 Å². The molecule has 4 aliphatic rings. The van der Waals surface area contributed by atoms with E-state index in [4.69, 9.17) is 18.9 Å². The van der Waals surface area contributed by atoms with E-state index in [2.05, 4.69) is 97.1 Å². The fourth-order valence-corrected chi connectivity index (χ4v) is 8.69. The highest BCUT2D eigenvalue weighted by molar-refractivity contribution is 6.99. The molecule has 0 N–H and O–H groups in total. The number of fused-ring (bicyclic) bond motifs is 14. The molecule has 0 unspecified atom stereocenters. The Morgan fingerprint density at radius 2 is 0.625 bits per heavy atom. The van der Waals surface area contributed by atoms with Crippen LogP contribution in [0.25, 0.3) is 32.3 Å². The fraction of sp³-hybridized carbons (Fsp3) is 0. The number of hydrogen-bond donors (Lipinski definition) is 0. The largest absolute Gasteiger partial charge is 0.458 e. The minimum Gasteiger partial charge on any atom is -0.458 e. The van der Waals surface area contributed by atoms with Crippen molar-refractivity contribution in [3.8, 4) is 46.0 Å². The van der Waals surface area contributed by atoms with Crippen molar-refractivity contribution in [1.82, 2.24) is 0 Å². The van der Waals surface area contributed by atoms with E-state index < -0.39 is 0 Å². The van der Waals surface area contributed by atoms with Crippen molar-refractivity contribution in [2.45, 2.75) is 0 Å². The van der Waals surface area contributed by atoms with E-state index in [1.807, 2.05) is 36.4 Å². The Bertz CT molecular complexity index is 2580. The molecule has 0 saturated heterocycles. The highest BCUT2D eigenvalue weighted by atomic mass is 16.5. The minimum atomic E-state index is -0.00594. The normalized spacial score (nSPS) is 14.0. The molecule has 220 valence electrons. The molecule has 0 radical (unpaired) electrons. The van der Waals surface area contributed by atoms with Crippen LogP contribution in [0, 0.1) is 0 Å². The first-order chi connectivity index (χ1) is 23.8. The fourth-order valence-electron chi connectivity index (χ4n) is 8.69. The molecule has 0 aliphatic carbocycles. The van der Waals surface area contributed by atoms with Crippen LogP contribution in [-0.2, 0) is 0 Å². The highest BCUT2D eigenvalue weighted by Crippen LogP contribution is 2.42. The Labute approximate surface area is 276 Å². The minimum absolute atomic E-state index is 0.00594. The van der Waals surface area contributed by atoms with Gasteiger partial charge in [0.05, 0.1) is 0 Å². The predicted octanol–water partition coefficient (Wildman–Crippen LogP) is 6.60. The summed E-state index contributed by atoms with van der Waals surface area (Å²) in [5.74, 6) is 6.96. The number of ether oxygens (including phenoxy) is 4. The van der Waals surface area contributed by atoms with Gasteiger partial charge in [0.2, 0.25) is 0 Å². The predicted molar refractivity (Wildman–Crippen MR) is 194 cm³/mol. The van der Waals surface area contributed by atoms with Crippen LogP contribution in [0.3, 0.4) is 0 Å². The summed E-state index contributed by atoms with van der Waals surface area (Å²) in [6.07, 6.45) is 0. The molecule has 0 bridgehead atoms. The summed E-state index contributed by atoms with van der Waals surface area (Å²) in [5.41, 5.74) is 6.77. The third-order valence-electron chi connectivity index (χ3n) is 10.7. The third kappa shape index (κ3) is 3.12. The lowest BCUT2D eigenvalue weighted by Gasteiger charge is -2.34. The highest BCUT2D eigenvalue weighted by Gasteiger charge is 2.42. The molecule has 8 aromatic rings. The molecule has 4 nitrogen and oxygen atoms in total. The molecular formula is C42H22B2O4. The average Bonchev–Trinajstić information content (AvgIpc) is 3.13. The van der Waals surface area contributed by atoms with E-state index in [-0.39, 0.29) is 13.4 Å². The van der Waals surface area contributed by atoms with Gasteiger partial charge in [-0.2, -0.15) is 0 Å². The molecule has 8 aromatic carbocycles. The van der Waals surface area contributed by atoms with Crippen LogP contribution >= 0.6 is 0 Å². The lowest BCUT2D eigenvalue weighted by Crippen LogP contribution is -2.57. The number of benzene rings is 8. The molecule has 4 aliphatic heterocycles. The zero-order chi connectivity index (χ0) is 31.1. The maximum Gasteiger partial charge on any atom is 0.260 e. The van der Waals surface area contributed by atoms with Crippen LogP contribution in [0.1, 0.15) is 0 Å². The van der Waals surface area contributed by atoms with Crippen molar-refractivity contribution in [1.29, 1.82) is 0 Å². The topological polar surface area (TPSA) is 36.9 Å². The van der Waals surface area contributed by atoms with Crippen LogP contribution in [-0.4, -0.2) is 13.4 Å². The first kappa shape index (κ1) is 25.0. The van der Waals surface area contributed by atoms with Gasteiger partial charge in [-0.15, -0.1) is 0 Å². The monoisotopic (exact) mass is 612 g/mol. The zero-order valence-electron chi connectivity index (χ0n) is 25.5. The lowest BCUT2D eigenvalue weighted by atomic mass is 9.34. The van der Waals surface area contributed by atoms with Gasteiger partial charge in [0.15, 0.2) is 0 Å². The van der Waals surface area contributed by atoms with Gasteiger partial charge in [-0.05, 0) is 103 Å². The van der Waals surface area contributed by atoms with Gasteiger partial charge in [0, 0.05) is 10.9 Å². The van der Waals surface area contributed by atoms with Crippen molar-refractivity contribution in [2.24, 2.45) is 0 Å². The number of hydrogen-bond acceptors (Lipinski definition) is 4. The second-order valence-electron chi connectivity index (χ2n) is 13.1. The summed E-state index contributed by atoms with van der Waals surface area (Å²) in [7, 11) is 0. The zero-order valence-corrected chi connectivity index (χ0v) is 25.5. The molecule has 0 fully saturated rings. The van der Waals surface area contributed by atoms with Crippen molar-refractivity contribution < 1.29 is 18.9 Å². The summed E-state index contributed by atoms with van der Waals surface area (Å²) in [6.45, 7) is -0.0119. The van der Waals surface area contributed by atoms with Crippen molar-refractivity contribution in [3.05, 3.63) is 133 Å². The second kappa shape index (κ2) is 8.81. The maximum absolute atomic E-state index is 6.72. The van der Waals surface area contributed by atoms with Crippen LogP contribution in [0.15, 0.2) is 133 Å². The van der Waals surface area contributed by atoms with Gasteiger partial charge in [0.1, 0.15) is 46.0 Å². The van der Waals surface area contributed by atoms with E-state index in [1.54, 1.807) is 0 Å². The first-order valence-corrected chi connectivity index (χ1v) is 16.4. The lowest BCUT2D eigenvalue weighted by molar-refractivity contribution is 0.464. The summed E-state index contributed by atoms with van der Waals surface area (Å²) in [6, 6.07) is 46.9. The Kier molecular flexibility index (Phi) is 4.59. The van der Waals surface area contributed by atoms with Crippen LogP contribution in [0.4, 0.5) is 0 Å². The molecule has 0 saturated carbocycles. The first-order valence-electron chi connectivity index (χ1n) is 16.4. The second-order valence-corrected chi connectivity index (χ2v) is 13.1. The Morgan fingerprint density at radius 3 is 1.08 bits per heavy atom. The molecule has 48 heavy (non-hydrogen) atoms. The average molecular weight is 612 g/mol. The summed E-state index contributed by atoms with van der Waals surface area (Å²) in [5, 5.41) is 7.10. The molecule has 0 spiro atoms. The molecule has 0 atom stereocenters. The molecule has 12 rings (SSSR count). The summed E-state index contributed by atoms with van der Waals surface area (Å²) >= 11 is 0. The Balaban J connectivity index is 1.19.